The molecule has 1 N–H and O–H groups in total. The lowest BCUT2D eigenvalue weighted by atomic mass is 10.3. The molecule has 5 nitrogen and oxygen atoms in total. The van der Waals surface area contributed by atoms with Gasteiger partial charge in [0.25, 0.3) is 0 Å². The number of nitrogens with zero attached hydrogens (tertiary/aromatic N) is 1. The van der Waals surface area contributed by atoms with Gasteiger partial charge in [0.15, 0.2) is 9.84 Å². The van der Waals surface area contributed by atoms with E-state index in [-0.39, 0.29) is 5.75 Å². The topological polar surface area (TPSA) is 72.2 Å². The number of aromatic nitrogens is 1. The van der Waals surface area contributed by atoms with E-state index in [4.69, 9.17) is 4.52 Å². The molecule has 2 aromatic rings. The minimum absolute atomic E-state index is 0.148. The molecule has 102 valence electrons. The molecular formula is C13H16N2O3S. The summed E-state index contributed by atoms with van der Waals surface area (Å²) >= 11 is 0. The normalized spacial score (nSPS) is 11.4. The van der Waals surface area contributed by atoms with Crippen molar-refractivity contribution in [1.29, 1.82) is 0 Å². The molecule has 0 unspecified atom stereocenters. The Labute approximate surface area is 112 Å². The molecule has 0 atom stereocenters. The predicted octanol–water partition coefficient (Wildman–Crippen LogP) is 2.47. The van der Waals surface area contributed by atoms with Crippen molar-refractivity contribution in [3.8, 4) is 0 Å². The molecule has 1 aromatic heterocycles. The van der Waals surface area contributed by atoms with Gasteiger partial charge in [-0.15, -0.1) is 0 Å². The fourth-order valence-corrected chi connectivity index (χ4v) is 3.30. The molecule has 0 radical (unpaired) electrons. The molecule has 0 aliphatic heterocycles. The van der Waals surface area contributed by atoms with Crippen molar-refractivity contribution in [3.05, 3.63) is 42.3 Å². The molecule has 6 heteroatoms. The van der Waals surface area contributed by atoms with Gasteiger partial charge in [0, 0.05) is 6.07 Å². The quantitative estimate of drug-likeness (QED) is 0.880. The molecule has 0 saturated carbocycles. The molecule has 0 aliphatic rings. The summed E-state index contributed by atoms with van der Waals surface area (Å²) in [5.41, 5.74) is 1.32. The number of nitrogens with one attached hydrogen (secondary N) is 1. The van der Waals surface area contributed by atoms with Crippen molar-refractivity contribution in [2.75, 3.05) is 11.1 Å². The highest BCUT2D eigenvalue weighted by atomic mass is 32.2. The van der Waals surface area contributed by atoms with Gasteiger partial charge >= 0.3 is 0 Å². The summed E-state index contributed by atoms with van der Waals surface area (Å²) in [7, 11) is -3.24. The highest BCUT2D eigenvalue weighted by Crippen LogP contribution is 2.23. The zero-order valence-corrected chi connectivity index (χ0v) is 11.5. The zero-order chi connectivity index (χ0) is 13.7. The molecule has 0 spiro atoms. The number of rotatable bonds is 6. The van der Waals surface area contributed by atoms with Crippen molar-refractivity contribution in [1.82, 2.24) is 5.16 Å². The van der Waals surface area contributed by atoms with Gasteiger partial charge in [-0.05, 0) is 18.6 Å². The molecule has 1 heterocycles. The third-order valence-electron chi connectivity index (χ3n) is 2.65. The number of sulfone groups is 1. The smallest absolute Gasteiger partial charge is 0.180 e. The van der Waals surface area contributed by atoms with Crippen LogP contribution in [0.25, 0.3) is 0 Å². The van der Waals surface area contributed by atoms with E-state index in [0.717, 1.165) is 5.69 Å². The lowest BCUT2D eigenvalue weighted by molar-refractivity contribution is 0.412. The van der Waals surface area contributed by atoms with Crippen LogP contribution in [-0.2, 0) is 16.4 Å². The molecule has 0 saturated heterocycles. The maximum absolute atomic E-state index is 12.1. The van der Waals surface area contributed by atoms with Gasteiger partial charge < -0.3 is 9.84 Å². The van der Waals surface area contributed by atoms with Crippen LogP contribution in [0, 0.1) is 0 Å². The first kappa shape index (κ1) is 13.6. The Balaban J connectivity index is 2.21. The van der Waals surface area contributed by atoms with Crippen LogP contribution in [0.3, 0.4) is 0 Å². The average molecular weight is 280 g/mol. The Morgan fingerprint density at radius 3 is 2.74 bits per heavy atom. The Hall–Kier alpha value is -1.82. The van der Waals surface area contributed by atoms with E-state index in [2.05, 4.69) is 10.5 Å². The van der Waals surface area contributed by atoms with Crippen molar-refractivity contribution in [2.45, 2.75) is 24.8 Å². The van der Waals surface area contributed by atoms with Crippen LogP contribution in [0.1, 0.15) is 19.0 Å². The summed E-state index contributed by atoms with van der Waals surface area (Å²) < 4.78 is 29.0. The van der Waals surface area contributed by atoms with Crippen LogP contribution in [0.2, 0.25) is 0 Å². The minimum atomic E-state index is -3.24. The summed E-state index contributed by atoms with van der Waals surface area (Å²) in [4.78, 5) is 0.334. The van der Waals surface area contributed by atoms with E-state index >= 15 is 0 Å². The fourth-order valence-electron chi connectivity index (χ4n) is 1.78. The first-order chi connectivity index (χ1) is 9.13. The third-order valence-corrected chi connectivity index (χ3v) is 4.62. The maximum Gasteiger partial charge on any atom is 0.180 e. The summed E-state index contributed by atoms with van der Waals surface area (Å²) in [5, 5.41) is 6.85. The summed E-state index contributed by atoms with van der Waals surface area (Å²) in [6.07, 6.45) is 2.08. The third kappa shape index (κ3) is 3.35. The van der Waals surface area contributed by atoms with Crippen molar-refractivity contribution < 1.29 is 12.9 Å². The van der Waals surface area contributed by atoms with Crippen LogP contribution in [0.5, 0.6) is 0 Å². The van der Waals surface area contributed by atoms with Crippen LogP contribution in [0.15, 0.2) is 46.0 Å². The van der Waals surface area contributed by atoms with E-state index in [1.165, 1.54) is 6.26 Å². The van der Waals surface area contributed by atoms with E-state index < -0.39 is 9.84 Å². The van der Waals surface area contributed by atoms with Gasteiger partial charge in [-0.3, -0.25) is 0 Å². The molecule has 0 bridgehead atoms. The highest BCUT2D eigenvalue weighted by Gasteiger charge is 2.17. The van der Waals surface area contributed by atoms with Gasteiger partial charge in [0.1, 0.15) is 12.0 Å². The lowest BCUT2D eigenvalue weighted by Gasteiger charge is -2.11. The Morgan fingerprint density at radius 2 is 2.05 bits per heavy atom. The fraction of sp³-hybridized carbons (Fsp3) is 0.308. The van der Waals surface area contributed by atoms with Crippen molar-refractivity contribution in [2.24, 2.45) is 0 Å². The molecule has 1 aromatic carbocycles. The zero-order valence-electron chi connectivity index (χ0n) is 10.7. The SMILES string of the molecule is CCCS(=O)(=O)c1ccccc1NCc1ccon1. The second-order valence-electron chi connectivity index (χ2n) is 4.16. The van der Waals surface area contributed by atoms with Gasteiger partial charge in [0.05, 0.1) is 22.9 Å². The van der Waals surface area contributed by atoms with Crippen LogP contribution in [0.4, 0.5) is 5.69 Å². The molecule has 2 rings (SSSR count). The second-order valence-corrected chi connectivity index (χ2v) is 6.24. The molecular weight excluding hydrogens is 264 g/mol. The largest absolute Gasteiger partial charge is 0.378 e. The van der Waals surface area contributed by atoms with E-state index in [9.17, 15) is 8.42 Å². The molecule has 19 heavy (non-hydrogen) atoms. The monoisotopic (exact) mass is 280 g/mol. The van der Waals surface area contributed by atoms with Gasteiger partial charge in [-0.2, -0.15) is 0 Å². The number of hydrogen-bond acceptors (Lipinski definition) is 5. The number of para-hydroxylation sites is 1. The van der Waals surface area contributed by atoms with Crippen LogP contribution < -0.4 is 5.32 Å². The Kier molecular flexibility index (Phi) is 4.21. The average Bonchev–Trinajstić information content (AvgIpc) is 2.90. The molecule has 0 aliphatic carbocycles. The van der Waals surface area contributed by atoms with Crippen molar-refractivity contribution in [3.63, 3.8) is 0 Å². The summed E-state index contributed by atoms with van der Waals surface area (Å²) in [6, 6.07) is 8.63. The first-order valence-corrected chi connectivity index (χ1v) is 7.73. The van der Waals surface area contributed by atoms with E-state index in [0.29, 0.717) is 23.5 Å². The molecule has 0 fully saturated rings. The highest BCUT2D eigenvalue weighted by molar-refractivity contribution is 7.91. The summed E-state index contributed by atoms with van der Waals surface area (Å²) in [6.45, 7) is 2.28. The first-order valence-electron chi connectivity index (χ1n) is 6.08. The number of anilines is 1. The van der Waals surface area contributed by atoms with E-state index in [1.807, 2.05) is 6.92 Å². The maximum atomic E-state index is 12.1. The second kappa shape index (κ2) is 5.88. The molecule has 0 amide bonds. The predicted molar refractivity (Wildman–Crippen MR) is 72.6 cm³/mol. The van der Waals surface area contributed by atoms with Crippen LogP contribution in [-0.4, -0.2) is 19.3 Å². The Morgan fingerprint density at radius 1 is 1.26 bits per heavy atom. The number of benzene rings is 1. The van der Waals surface area contributed by atoms with Gasteiger partial charge in [-0.1, -0.05) is 24.2 Å². The van der Waals surface area contributed by atoms with Gasteiger partial charge in [-0.25, -0.2) is 8.42 Å². The van der Waals surface area contributed by atoms with E-state index in [1.54, 1.807) is 30.3 Å². The van der Waals surface area contributed by atoms with Crippen molar-refractivity contribution >= 4 is 15.5 Å². The minimum Gasteiger partial charge on any atom is -0.378 e. The van der Waals surface area contributed by atoms with Gasteiger partial charge in [0.2, 0.25) is 0 Å². The lowest BCUT2D eigenvalue weighted by Crippen LogP contribution is -2.10. The Bertz CT molecular complexity index is 621. The summed E-state index contributed by atoms with van der Waals surface area (Å²) in [5.74, 6) is 0.148. The number of hydrogen-bond donors (Lipinski definition) is 1. The standard InChI is InChI=1S/C13H16N2O3S/c1-2-9-19(16,17)13-6-4-3-5-12(13)14-10-11-7-8-18-15-11/h3-8,14H,2,9-10H2,1H3. The van der Waals surface area contributed by atoms with Crippen LogP contribution >= 0.6 is 0 Å².